The van der Waals surface area contributed by atoms with Gasteiger partial charge in [0.2, 0.25) is 0 Å². The molecule has 0 nitrogen and oxygen atoms in total. The van der Waals surface area contributed by atoms with E-state index >= 15 is 0 Å². The highest BCUT2D eigenvalue weighted by Crippen LogP contribution is 2.02. The lowest BCUT2D eigenvalue weighted by atomic mass is 10.2. The highest BCUT2D eigenvalue weighted by molar-refractivity contribution is 6.19. The Morgan fingerprint density at radius 2 is 2.00 bits per heavy atom. The first kappa shape index (κ1) is 10.1. The number of rotatable bonds is 3. The van der Waals surface area contributed by atoms with Gasteiger partial charge in [0, 0.05) is 5.88 Å². The van der Waals surface area contributed by atoms with Gasteiger partial charge in [-0.3, -0.25) is 0 Å². The molecule has 0 unspecified atom stereocenters. The van der Waals surface area contributed by atoms with Crippen LogP contribution in [0.2, 0.25) is 0 Å². The smallest absolute Gasteiger partial charge is 0.0433 e. The van der Waals surface area contributed by atoms with Crippen LogP contribution in [0.5, 0.6) is 0 Å². The summed E-state index contributed by atoms with van der Waals surface area (Å²) in [6.07, 6.45) is 6.11. The van der Waals surface area contributed by atoms with Gasteiger partial charge in [-0.2, -0.15) is 0 Å². The van der Waals surface area contributed by atoms with Gasteiger partial charge in [-0.25, -0.2) is 0 Å². The van der Waals surface area contributed by atoms with Crippen LogP contribution in [0.15, 0.2) is 48.1 Å². The van der Waals surface area contributed by atoms with Gasteiger partial charge < -0.3 is 0 Å². The predicted octanol–water partition coefficient (Wildman–Crippen LogP) is 3.88. The molecule has 1 heteroatoms. The highest BCUT2D eigenvalue weighted by Gasteiger charge is 1.82. The molecular weight excluding hydrogens is 180 g/mol. The Kier molecular flexibility index (Phi) is 4.34. The molecule has 1 rings (SSSR count). The van der Waals surface area contributed by atoms with Gasteiger partial charge >= 0.3 is 0 Å². The molecule has 0 aliphatic carbocycles. The minimum absolute atomic E-state index is 0.596. The molecule has 0 aromatic heterocycles. The van der Waals surface area contributed by atoms with Crippen molar-refractivity contribution in [2.24, 2.45) is 0 Å². The van der Waals surface area contributed by atoms with Crippen LogP contribution in [0.1, 0.15) is 12.5 Å². The summed E-state index contributed by atoms with van der Waals surface area (Å²) in [7, 11) is 0. The third-order valence-corrected chi connectivity index (χ3v) is 2.10. The normalized spacial score (nSPS) is 12.3. The van der Waals surface area contributed by atoms with Gasteiger partial charge in [-0.05, 0) is 12.5 Å². The van der Waals surface area contributed by atoms with Gasteiger partial charge in [-0.1, -0.05) is 54.1 Å². The molecule has 68 valence electrons. The highest BCUT2D eigenvalue weighted by atomic mass is 35.5. The third kappa shape index (κ3) is 3.95. The standard InChI is InChI=1S/C12H13Cl/c1-11(10-13)6-5-9-12-7-3-2-4-8-12/h2-9H,10H2,1H3. The van der Waals surface area contributed by atoms with Gasteiger partial charge in [0.25, 0.3) is 0 Å². The number of hydrogen-bond acceptors (Lipinski definition) is 0. The Hall–Kier alpha value is -1.01. The second-order valence-electron chi connectivity index (χ2n) is 2.92. The zero-order chi connectivity index (χ0) is 9.52. The van der Waals surface area contributed by atoms with E-state index in [-0.39, 0.29) is 0 Å². The van der Waals surface area contributed by atoms with E-state index in [4.69, 9.17) is 11.6 Å². The van der Waals surface area contributed by atoms with Crippen molar-refractivity contribution in [2.45, 2.75) is 6.92 Å². The Labute approximate surface area is 84.5 Å². The van der Waals surface area contributed by atoms with Crippen molar-refractivity contribution in [1.82, 2.24) is 0 Å². The van der Waals surface area contributed by atoms with E-state index in [1.165, 1.54) is 11.1 Å². The Morgan fingerprint density at radius 3 is 2.62 bits per heavy atom. The first-order valence-corrected chi connectivity index (χ1v) is 4.81. The first-order chi connectivity index (χ1) is 6.33. The van der Waals surface area contributed by atoms with Gasteiger partial charge in [0.05, 0.1) is 0 Å². The first-order valence-electron chi connectivity index (χ1n) is 4.28. The largest absolute Gasteiger partial charge is 0.122 e. The fourth-order valence-electron chi connectivity index (χ4n) is 0.932. The molecule has 0 radical (unpaired) electrons. The topological polar surface area (TPSA) is 0 Å². The van der Waals surface area contributed by atoms with Crippen molar-refractivity contribution < 1.29 is 0 Å². The summed E-state index contributed by atoms with van der Waals surface area (Å²) in [6.45, 7) is 2.02. The molecule has 0 saturated carbocycles. The summed E-state index contributed by atoms with van der Waals surface area (Å²) in [5.41, 5.74) is 2.38. The summed E-state index contributed by atoms with van der Waals surface area (Å²) < 4.78 is 0. The summed E-state index contributed by atoms with van der Waals surface area (Å²) in [6, 6.07) is 10.2. The Balaban J connectivity index is 2.60. The minimum Gasteiger partial charge on any atom is -0.122 e. The molecule has 0 aliphatic rings. The molecule has 1 aromatic rings. The molecule has 0 N–H and O–H groups in total. The molecule has 0 fully saturated rings. The molecule has 0 atom stereocenters. The maximum atomic E-state index is 5.63. The summed E-state index contributed by atoms with van der Waals surface area (Å²) in [5, 5.41) is 0. The third-order valence-electron chi connectivity index (χ3n) is 1.68. The second kappa shape index (κ2) is 5.60. The Morgan fingerprint density at radius 1 is 1.31 bits per heavy atom. The quantitative estimate of drug-likeness (QED) is 0.504. The zero-order valence-electron chi connectivity index (χ0n) is 7.70. The van der Waals surface area contributed by atoms with Crippen LogP contribution in [-0.4, -0.2) is 5.88 Å². The van der Waals surface area contributed by atoms with Crippen molar-refractivity contribution in [3.63, 3.8) is 0 Å². The van der Waals surface area contributed by atoms with Crippen LogP contribution in [0, 0.1) is 0 Å². The lowest BCUT2D eigenvalue weighted by molar-refractivity contribution is 1.40. The number of halogens is 1. The van der Waals surface area contributed by atoms with Crippen LogP contribution in [-0.2, 0) is 0 Å². The molecule has 13 heavy (non-hydrogen) atoms. The van der Waals surface area contributed by atoms with Gasteiger partial charge in [-0.15, -0.1) is 11.6 Å². The van der Waals surface area contributed by atoms with E-state index in [1.54, 1.807) is 0 Å². The average molecular weight is 193 g/mol. The molecule has 0 amide bonds. The van der Waals surface area contributed by atoms with Crippen LogP contribution < -0.4 is 0 Å². The number of allylic oxidation sites excluding steroid dienone is 3. The molecule has 0 bridgehead atoms. The maximum absolute atomic E-state index is 5.63. The van der Waals surface area contributed by atoms with Crippen molar-refractivity contribution >= 4 is 17.7 Å². The lowest BCUT2D eigenvalue weighted by Crippen LogP contribution is -1.73. The SMILES string of the molecule is CC(=CC=Cc1ccccc1)CCl. The van der Waals surface area contributed by atoms with Crippen molar-refractivity contribution in [3.05, 3.63) is 53.6 Å². The summed E-state index contributed by atoms with van der Waals surface area (Å²) in [4.78, 5) is 0. The second-order valence-corrected chi connectivity index (χ2v) is 3.18. The van der Waals surface area contributed by atoms with Crippen molar-refractivity contribution in [1.29, 1.82) is 0 Å². The van der Waals surface area contributed by atoms with E-state index in [0.29, 0.717) is 5.88 Å². The van der Waals surface area contributed by atoms with Crippen LogP contribution in [0.25, 0.3) is 6.08 Å². The fourth-order valence-corrected chi connectivity index (χ4v) is 1.02. The van der Waals surface area contributed by atoms with E-state index < -0.39 is 0 Å². The number of benzene rings is 1. The number of hydrogen-bond donors (Lipinski definition) is 0. The molecule has 0 heterocycles. The van der Waals surface area contributed by atoms with E-state index in [0.717, 1.165) is 0 Å². The van der Waals surface area contributed by atoms with Crippen molar-refractivity contribution in [3.8, 4) is 0 Å². The zero-order valence-corrected chi connectivity index (χ0v) is 8.46. The molecular formula is C12H13Cl. The summed E-state index contributed by atoms with van der Waals surface area (Å²) >= 11 is 5.63. The Bertz CT molecular complexity index is 296. The monoisotopic (exact) mass is 192 g/mol. The van der Waals surface area contributed by atoms with E-state index in [1.807, 2.05) is 37.3 Å². The van der Waals surface area contributed by atoms with E-state index in [2.05, 4.69) is 18.2 Å². The van der Waals surface area contributed by atoms with Crippen LogP contribution >= 0.6 is 11.6 Å². The van der Waals surface area contributed by atoms with Crippen molar-refractivity contribution in [2.75, 3.05) is 5.88 Å². The molecule has 0 aliphatic heterocycles. The molecule has 0 spiro atoms. The van der Waals surface area contributed by atoms with Gasteiger partial charge in [0.1, 0.15) is 0 Å². The minimum atomic E-state index is 0.596. The summed E-state index contributed by atoms with van der Waals surface area (Å²) in [5.74, 6) is 0.596. The predicted molar refractivity (Wildman–Crippen MR) is 60.0 cm³/mol. The van der Waals surface area contributed by atoms with E-state index in [9.17, 15) is 0 Å². The fraction of sp³-hybridized carbons (Fsp3) is 0.167. The van der Waals surface area contributed by atoms with Crippen LogP contribution in [0.4, 0.5) is 0 Å². The maximum Gasteiger partial charge on any atom is 0.0433 e. The van der Waals surface area contributed by atoms with Gasteiger partial charge in [0.15, 0.2) is 0 Å². The lowest BCUT2D eigenvalue weighted by Gasteiger charge is -1.90. The van der Waals surface area contributed by atoms with Crippen LogP contribution in [0.3, 0.4) is 0 Å². The number of alkyl halides is 1. The average Bonchev–Trinajstić information content (AvgIpc) is 2.19. The molecule has 0 saturated heterocycles. The molecule has 1 aromatic carbocycles.